The molecule has 0 bridgehead atoms. The highest BCUT2D eigenvalue weighted by Crippen LogP contribution is 2.39. The number of nitrogens with two attached hydrogens (primary N) is 1. The maximum absolute atomic E-state index is 11.3. The molecule has 4 N–H and O–H groups in total. The number of nitrogens with zero attached hydrogens (tertiary/aromatic N) is 2. The summed E-state index contributed by atoms with van der Waals surface area (Å²) in [6, 6.07) is 10.5. The van der Waals surface area contributed by atoms with Gasteiger partial charge in [-0.15, -0.1) is 0 Å². The van der Waals surface area contributed by atoms with Gasteiger partial charge in [-0.25, -0.2) is 9.78 Å². The van der Waals surface area contributed by atoms with Gasteiger partial charge in [-0.05, 0) is 43.2 Å². The minimum Gasteiger partial charge on any atom is -0.478 e. The molecule has 1 saturated carbocycles. The molecule has 2 aromatic carbocycles. The van der Waals surface area contributed by atoms with Crippen molar-refractivity contribution in [2.45, 2.75) is 24.9 Å². The van der Waals surface area contributed by atoms with Crippen LogP contribution in [-0.2, 0) is 0 Å². The fourth-order valence-electron chi connectivity index (χ4n) is 3.26. The molecule has 0 atom stereocenters. The van der Waals surface area contributed by atoms with Gasteiger partial charge in [0.2, 0.25) is 5.95 Å². The number of halogens is 2. The van der Waals surface area contributed by atoms with Crippen molar-refractivity contribution in [2.75, 3.05) is 5.32 Å². The quantitative estimate of drug-likeness (QED) is 0.611. The molecule has 1 fully saturated rings. The van der Waals surface area contributed by atoms with Gasteiger partial charge in [0.15, 0.2) is 0 Å². The second kappa shape index (κ2) is 6.46. The van der Waals surface area contributed by atoms with Crippen molar-refractivity contribution >= 4 is 51.8 Å². The third kappa shape index (κ3) is 2.90. The second-order valence-corrected chi connectivity index (χ2v) is 7.24. The van der Waals surface area contributed by atoms with Crippen LogP contribution in [-0.4, -0.2) is 26.7 Å². The molecule has 0 saturated heterocycles. The summed E-state index contributed by atoms with van der Waals surface area (Å²) < 4.78 is 2.05. The molecule has 1 aromatic heterocycles. The molecule has 0 amide bonds. The standard InChI is InChI=1S/C18H16Cl2N4O2/c19-12-2-1-3-13(20)16(12)23-18-22-14-6-9(17(25)26)4-5-15(14)24(18)11-7-10(21)8-11/h1-6,10-11H,7-8,21H2,(H,22,23)(H,25,26)/t10-,11-. The Kier molecular flexibility index (Phi) is 4.26. The first-order valence-corrected chi connectivity index (χ1v) is 8.91. The van der Waals surface area contributed by atoms with Crippen LogP contribution in [0, 0.1) is 0 Å². The third-order valence-electron chi connectivity index (χ3n) is 4.65. The molecule has 0 aliphatic heterocycles. The number of benzene rings is 2. The minimum atomic E-state index is -0.990. The maximum Gasteiger partial charge on any atom is 0.335 e. The highest BCUT2D eigenvalue weighted by molar-refractivity contribution is 6.39. The fraction of sp³-hybridized carbons (Fsp3) is 0.222. The lowest BCUT2D eigenvalue weighted by atomic mass is 9.87. The first-order chi connectivity index (χ1) is 12.4. The van der Waals surface area contributed by atoms with E-state index in [0.717, 1.165) is 18.4 Å². The Labute approximate surface area is 159 Å². The Morgan fingerprint density at radius 2 is 1.92 bits per heavy atom. The van der Waals surface area contributed by atoms with Gasteiger partial charge in [-0.1, -0.05) is 29.3 Å². The number of anilines is 2. The van der Waals surface area contributed by atoms with Gasteiger partial charge in [0.25, 0.3) is 0 Å². The van der Waals surface area contributed by atoms with Crippen LogP contribution in [0.2, 0.25) is 10.0 Å². The predicted octanol–water partition coefficient (Wildman–Crippen LogP) is 4.45. The van der Waals surface area contributed by atoms with Gasteiger partial charge < -0.3 is 20.7 Å². The molecule has 0 unspecified atom stereocenters. The van der Waals surface area contributed by atoms with Crippen LogP contribution in [0.3, 0.4) is 0 Å². The average molecular weight is 391 g/mol. The molecule has 134 valence electrons. The van der Waals surface area contributed by atoms with Gasteiger partial charge in [0, 0.05) is 12.1 Å². The number of aromatic carboxylic acids is 1. The van der Waals surface area contributed by atoms with Crippen molar-refractivity contribution in [2.24, 2.45) is 5.73 Å². The summed E-state index contributed by atoms with van der Waals surface area (Å²) in [4.78, 5) is 15.9. The number of hydrogen-bond acceptors (Lipinski definition) is 4. The summed E-state index contributed by atoms with van der Waals surface area (Å²) in [5.41, 5.74) is 8.15. The molecular weight excluding hydrogens is 375 g/mol. The molecule has 6 nitrogen and oxygen atoms in total. The zero-order chi connectivity index (χ0) is 18.4. The summed E-state index contributed by atoms with van der Waals surface area (Å²) in [5, 5.41) is 13.4. The number of nitrogens with one attached hydrogen (secondary N) is 1. The normalized spacial score (nSPS) is 19.3. The maximum atomic E-state index is 11.3. The lowest BCUT2D eigenvalue weighted by Crippen LogP contribution is -2.38. The largest absolute Gasteiger partial charge is 0.478 e. The summed E-state index contributed by atoms with van der Waals surface area (Å²) in [6.45, 7) is 0. The van der Waals surface area contributed by atoms with Crippen LogP contribution in [0.1, 0.15) is 29.2 Å². The monoisotopic (exact) mass is 390 g/mol. The van der Waals surface area contributed by atoms with Gasteiger partial charge >= 0.3 is 5.97 Å². The lowest BCUT2D eigenvalue weighted by Gasteiger charge is -2.35. The van der Waals surface area contributed by atoms with Crippen LogP contribution in [0.25, 0.3) is 11.0 Å². The van der Waals surface area contributed by atoms with Crippen molar-refractivity contribution in [3.8, 4) is 0 Å². The van der Waals surface area contributed by atoms with E-state index in [2.05, 4.69) is 10.3 Å². The van der Waals surface area contributed by atoms with E-state index in [1.807, 2.05) is 4.57 Å². The van der Waals surface area contributed by atoms with Crippen LogP contribution in [0.4, 0.5) is 11.6 Å². The van der Waals surface area contributed by atoms with E-state index >= 15 is 0 Å². The molecule has 26 heavy (non-hydrogen) atoms. The van der Waals surface area contributed by atoms with E-state index in [4.69, 9.17) is 28.9 Å². The molecule has 0 radical (unpaired) electrons. The highest BCUT2D eigenvalue weighted by atomic mass is 35.5. The smallest absolute Gasteiger partial charge is 0.335 e. The van der Waals surface area contributed by atoms with Gasteiger partial charge in [-0.3, -0.25) is 0 Å². The number of carboxylic acid groups (broad SMARTS) is 1. The summed E-state index contributed by atoms with van der Waals surface area (Å²) in [7, 11) is 0. The summed E-state index contributed by atoms with van der Waals surface area (Å²) in [6.07, 6.45) is 1.66. The number of hydrogen-bond donors (Lipinski definition) is 3. The van der Waals surface area contributed by atoms with Crippen molar-refractivity contribution in [3.63, 3.8) is 0 Å². The molecular formula is C18H16Cl2N4O2. The van der Waals surface area contributed by atoms with Gasteiger partial charge in [0.1, 0.15) is 0 Å². The van der Waals surface area contributed by atoms with Crippen molar-refractivity contribution in [3.05, 3.63) is 52.0 Å². The Morgan fingerprint density at radius 3 is 2.54 bits per heavy atom. The number of imidazole rings is 1. The second-order valence-electron chi connectivity index (χ2n) is 6.42. The average Bonchev–Trinajstić information content (AvgIpc) is 2.92. The Balaban J connectivity index is 1.84. The van der Waals surface area contributed by atoms with E-state index in [1.54, 1.807) is 36.4 Å². The molecule has 1 aliphatic rings. The fourth-order valence-corrected chi connectivity index (χ4v) is 3.75. The summed E-state index contributed by atoms with van der Waals surface area (Å²) >= 11 is 12.5. The van der Waals surface area contributed by atoms with E-state index in [-0.39, 0.29) is 17.6 Å². The Hall–Kier alpha value is -2.28. The third-order valence-corrected chi connectivity index (χ3v) is 5.28. The Bertz CT molecular complexity index is 992. The molecule has 1 aliphatic carbocycles. The zero-order valence-electron chi connectivity index (χ0n) is 13.6. The van der Waals surface area contributed by atoms with E-state index in [0.29, 0.717) is 27.2 Å². The van der Waals surface area contributed by atoms with Crippen molar-refractivity contribution in [1.29, 1.82) is 0 Å². The van der Waals surface area contributed by atoms with E-state index in [1.165, 1.54) is 0 Å². The number of carboxylic acids is 1. The predicted molar refractivity (Wildman–Crippen MR) is 103 cm³/mol. The van der Waals surface area contributed by atoms with Crippen molar-refractivity contribution < 1.29 is 9.90 Å². The highest BCUT2D eigenvalue weighted by Gasteiger charge is 2.31. The molecule has 8 heteroatoms. The number of rotatable bonds is 4. The molecule has 3 aromatic rings. The van der Waals surface area contributed by atoms with Crippen molar-refractivity contribution in [1.82, 2.24) is 9.55 Å². The number of fused-ring (bicyclic) bond motifs is 1. The van der Waals surface area contributed by atoms with Gasteiger partial charge in [0.05, 0.1) is 32.3 Å². The SMILES string of the molecule is N[C@H]1C[C@H](n2c(Nc3c(Cl)cccc3Cl)nc3cc(C(=O)O)ccc32)C1. The topological polar surface area (TPSA) is 93.2 Å². The van der Waals surface area contributed by atoms with Gasteiger partial charge in [-0.2, -0.15) is 0 Å². The lowest BCUT2D eigenvalue weighted by molar-refractivity contribution is 0.0697. The van der Waals surface area contributed by atoms with Crippen LogP contribution in [0.15, 0.2) is 36.4 Å². The first kappa shape index (κ1) is 17.1. The van der Waals surface area contributed by atoms with Crippen LogP contribution >= 0.6 is 23.2 Å². The Morgan fingerprint density at radius 1 is 1.23 bits per heavy atom. The van der Waals surface area contributed by atoms with E-state index < -0.39 is 5.97 Å². The van der Waals surface area contributed by atoms with Crippen LogP contribution < -0.4 is 11.1 Å². The van der Waals surface area contributed by atoms with Crippen LogP contribution in [0.5, 0.6) is 0 Å². The number of para-hydroxylation sites is 1. The number of aromatic nitrogens is 2. The molecule has 1 heterocycles. The molecule has 4 rings (SSSR count). The first-order valence-electron chi connectivity index (χ1n) is 8.16. The molecule has 0 spiro atoms. The minimum absolute atomic E-state index is 0.160. The summed E-state index contributed by atoms with van der Waals surface area (Å²) in [5.74, 6) is -0.426. The number of carbonyl (C=O) groups is 1. The van der Waals surface area contributed by atoms with E-state index in [9.17, 15) is 9.90 Å². The zero-order valence-corrected chi connectivity index (χ0v) is 15.1.